The van der Waals surface area contributed by atoms with Gasteiger partial charge in [-0.15, -0.1) is 0 Å². The fourth-order valence-corrected chi connectivity index (χ4v) is 3.44. The standard InChI is InChI=1S/C22H21FN4O/c23-18-6-8-19(9-7-18)26-22(28)17-10-12-27(13-11-17)21-14-20(24-15-25-21)16-4-2-1-3-5-16/h1-9,14-15,17H,10-13H2,(H,26,28). The van der Waals surface area contributed by atoms with Crippen molar-refractivity contribution < 1.29 is 9.18 Å². The third-order valence-corrected chi connectivity index (χ3v) is 5.02. The fourth-order valence-electron chi connectivity index (χ4n) is 3.44. The first-order chi connectivity index (χ1) is 13.7. The van der Waals surface area contributed by atoms with Gasteiger partial charge < -0.3 is 10.2 Å². The molecule has 1 aromatic heterocycles. The number of carbonyl (C=O) groups excluding carboxylic acids is 1. The van der Waals surface area contributed by atoms with Gasteiger partial charge in [-0.25, -0.2) is 14.4 Å². The summed E-state index contributed by atoms with van der Waals surface area (Å²) in [6.45, 7) is 1.51. The lowest BCUT2D eigenvalue weighted by Gasteiger charge is -2.32. The van der Waals surface area contributed by atoms with Crippen LogP contribution in [0.5, 0.6) is 0 Å². The minimum Gasteiger partial charge on any atom is -0.356 e. The van der Waals surface area contributed by atoms with E-state index in [1.807, 2.05) is 36.4 Å². The highest BCUT2D eigenvalue weighted by molar-refractivity contribution is 5.92. The quantitative estimate of drug-likeness (QED) is 0.744. The first-order valence-corrected chi connectivity index (χ1v) is 9.38. The maximum absolute atomic E-state index is 13.0. The molecular weight excluding hydrogens is 355 g/mol. The molecule has 4 rings (SSSR count). The van der Waals surface area contributed by atoms with Gasteiger partial charge in [0.1, 0.15) is 18.0 Å². The normalized spacial score (nSPS) is 14.7. The summed E-state index contributed by atoms with van der Waals surface area (Å²) in [5.41, 5.74) is 2.57. The van der Waals surface area contributed by atoms with E-state index in [0.29, 0.717) is 5.69 Å². The van der Waals surface area contributed by atoms with Gasteiger partial charge in [-0.3, -0.25) is 4.79 Å². The highest BCUT2D eigenvalue weighted by atomic mass is 19.1. The van der Waals surface area contributed by atoms with Crippen LogP contribution in [0.25, 0.3) is 11.3 Å². The van der Waals surface area contributed by atoms with E-state index in [1.165, 1.54) is 12.1 Å². The van der Waals surface area contributed by atoms with Crippen molar-refractivity contribution in [1.29, 1.82) is 0 Å². The third-order valence-electron chi connectivity index (χ3n) is 5.02. The summed E-state index contributed by atoms with van der Waals surface area (Å²) in [6.07, 6.45) is 3.08. The van der Waals surface area contributed by atoms with E-state index in [2.05, 4.69) is 20.2 Å². The SMILES string of the molecule is O=C(Nc1ccc(F)cc1)C1CCN(c2cc(-c3ccccc3)ncn2)CC1. The molecule has 1 N–H and O–H groups in total. The van der Waals surface area contributed by atoms with Crippen LogP contribution in [-0.4, -0.2) is 29.0 Å². The van der Waals surface area contributed by atoms with Crippen LogP contribution >= 0.6 is 0 Å². The maximum Gasteiger partial charge on any atom is 0.227 e. The van der Waals surface area contributed by atoms with E-state index in [4.69, 9.17) is 0 Å². The Labute approximate surface area is 163 Å². The van der Waals surface area contributed by atoms with E-state index in [9.17, 15) is 9.18 Å². The molecule has 0 atom stereocenters. The van der Waals surface area contributed by atoms with Crippen LogP contribution in [0.1, 0.15) is 12.8 Å². The molecule has 3 aromatic rings. The zero-order chi connectivity index (χ0) is 19.3. The second-order valence-corrected chi connectivity index (χ2v) is 6.88. The Kier molecular flexibility index (Phi) is 5.28. The molecule has 142 valence electrons. The molecule has 1 aliphatic rings. The number of nitrogens with one attached hydrogen (secondary N) is 1. The van der Waals surface area contributed by atoms with E-state index in [0.717, 1.165) is 43.0 Å². The van der Waals surface area contributed by atoms with Crippen LogP contribution in [0.3, 0.4) is 0 Å². The van der Waals surface area contributed by atoms with Gasteiger partial charge in [0.15, 0.2) is 0 Å². The minimum absolute atomic E-state index is 0.0149. The summed E-state index contributed by atoms with van der Waals surface area (Å²) < 4.78 is 13.0. The molecule has 0 aliphatic carbocycles. The number of hydrogen-bond donors (Lipinski definition) is 1. The van der Waals surface area contributed by atoms with Crippen LogP contribution in [0.15, 0.2) is 67.0 Å². The first kappa shape index (κ1) is 18.1. The largest absolute Gasteiger partial charge is 0.356 e. The molecule has 1 fully saturated rings. The molecule has 6 heteroatoms. The number of anilines is 2. The van der Waals surface area contributed by atoms with Gasteiger partial charge in [-0.2, -0.15) is 0 Å². The lowest BCUT2D eigenvalue weighted by molar-refractivity contribution is -0.120. The zero-order valence-electron chi connectivity index (χ0n) is 15.4. The van der Waals surface area contributed by atoms with Gasteiger partial charge in [-0.1, -0.05) is 30.3 Å². The van der Waals surface area contributed by atoms with Crippen molar-refractivity contribution in [2.24, 2.45) is 5.92 Å². The van der Waals surface area contributed by atoms with Crippen molar-refractivity contribution in [3.8, 4) is 11.3 Å². The van der Waals surface area contributed by atoms with E-state index >= 15 is 0 Å². The smallest absolute Gasteiger partial charge is 0.227 e. The number of halogens is 1. The Morgan fingerprint density at radius 3 is 2.43 bits per heavy atom. The van der Waals surface area contributed by atoms with Crippen molar-refractivity contribution >= 4 is 17.4 Å². The topological polar surface area (TPSA) is 58.1 Å². The zero-order valence-corrected chi connectivity index (χ0v) is 15.4. The highest BCUT2D eigenvalue weighted by Gasteiger charge is 2.26. The third kappa shape index (κ3) is 4.17. The molecule has 1 saturated heterocycles. The molecule has 28 heavy (non-hydrogen) atoms. The Morgan fingerprint density at radius 1 is 1.00 bits per heavy atom. The van der Waals surface area contributed by atoms with Gasteiger partial charge in [0.05, 0.1) is 5.69 Å². The molecule has 2 heterocycles. The lowest BCUT2D eigenvalue weighted by Crippen LogP contribution is -2.38. The molecule has 0 radical (unpaired) electrons. The predicted molar refractivity (Wildman–Crippen MR) is 107 cm³/mol. The average molecular weight is 376 g/mol. The lowest BCUT2D eigenvalue weighted by atomic mass is 9.95. The summed E-state index contributed by atoms with van der Waals surface area (Å²) in [7, 11) is 0. The first-order valence-electron chi connectivity index (χ1n) is 9.38. The van der Waals surface area contributed by atoms with Crippen LogP contribution in [-0.2, 0) is 4.79 Å². The van der Waals surface area contributed by atoms with Crippen molar-refractivity contribution in [2.45, 2.75) is 12.8 Å². The molecule has 5 nitrogen and oxygen atoms in total. The monoisotopic (exact) mass is 376 g/mol. The highest BCUT2D eigenvalue weighted by Crippen LogP contribution is 2.25. The number of nitrogens with zero attached hydrogens (tertiary/aromatic N) is 3. The molecule has 0 bridgehead atoms. The number of rotatable bonds is 4. The fraction of sp³-hybridized carbons (Fsp3) is 0.227. The van der Waals surface area contributed by atoms with E-state index < -0.39 is 0 Å². The summed E-state index contributed by atoms with van der Waals surface area (Å²) in [4.78, 5) is 23.5. The second-order valence-electron chi connectivity index (χ2n) is 6.88. The van der Waals surface area contributed by atoms with Gasteiger partial charge in [-0.05, 0) is 37.1 Å². The number of amides is 1. The summed E-state index contributed by atoms with van der Waals surface area (Å²) in [5, 5.41) is 2.87. The Hall–Kier alpha value is -3.28. The molecule has 0 spiro atoms. The van der Waals surface area contributed by atoms with Gasteiger partial charge >= 0.3 is 0 Å². The predicted octanol–water partition coefficient (Wildman–Crippen LogP) is 4.14. The second kappa shape index (κ2) is 8.17. The average Bonchev–Trinajstić information content (AvgIpc) is 2.76. The molecule has 0 saturated carbocycles. The molecule has 0 unspecified atom stereocenters. The number of benzene rings is 2. The van der Waals surface area contributed by atoms with Crippen molar-refractivity contribution in [1.82, 2.24) is 9.97 Å². The van der Waals surface area contributed by atoms with Crippen LogP contribution in [0.2, 0.25) is 0 Å². The van der Waals surface area contributed by atoms with Crippen molar-refractivity contribution in [3.63, 3.8) is 0 Å². The molecular formula is C22H21FN4O. The maximum atomic E-state index is 13.0. The van der Waals surface area contributed by atoms with Crippen LogP contribution < -0.4 is 10.2 Å². The van der Waals surface area contributed by atoms with Gasteiger partial charge in [0.25, 0.3) is 0 Å². The Balaban J connectivity index is 1.37. The summed E-state index contributed by atoms with van der Waals surface area (Å²) >= 11 is 0. The van der Waals surface area contributed by atoms with Crippen molar-refractivity contribution in [2.75, 3.05) is 23.3 Å². The summed E-state index contributed by atoms with van der Waals surface area (Å²) in [5.74, 6) is 0.493. The molecule has 2 aromatic carbocycles. The van der Waals surface area contributed by atoms with Gasteiger partial charge in [0, 0.05) is 36.3 Å². The minimum atomic E-state index is -0.314. The Bertz CT molecular complexity index is 938. The number of piperidine rings is 1. The number of aromatic nitrogens is 2. The van der Waals surface area contributed by atoms with Crippen LogP contribution in [0, 0.1) is 11.7 Å². The number of carbonyl (C=O) groups is 1. The van der Waals surface area contributed by atoms with Gasteiger partial charge in [0.2, 0.25) is 5.91 Å². The van der Waals surface area contributed by atoms with E-state index in [-0.39, 0.29) is 17.6 Å². The van der Waals surface area contributed by atoms with Crippen molar-refractivity contribution in [3.05, 3.63) is 72.8 Å². The number of hydrogen-bond acceptors (Lipinski definition) is 4. The molecule has 1 aliphatic heterocycles. The Morgan fingerprint density at radius 2 is 1.71 bits per heavy atom. The summed E-state index contributed by atoms with van der Waals surface area (Å²) in [6, 6.07) is 17.8. The van der Waals surface area contributed by atoms with Crippen LogP contribution in [0.4, 0.5) is 15.9 Å². The molecule has 1 amide bonds. The van der Waals surface area contributed by atoms with E-state index in [1.54, 1.807) is 18.5 Å².